The van der Waals surface area contributed by atoms with E-state index in [1.807, 2.05) is 48.7 Å². The van der Waals surface area contributed by atoms with Crippen LogP contribution in [0.1, 0.15) is 26.3 Å². The molecule has 0 bridgehead atoms. The van der Waals surface area contributed by atoms with Gasteiger partial charge in [-0.3, -0.25) is 0 Å². The molecule has 62 valence electrons. The third-order valence-electron chi connectivity index (χ3n) is 1.50. The molecule has 0 aliphatic heterocycles. The zero-order chi connectivity index (χ0) is 8.65. The van der Waals surface area contributed by atoms with E-state index in [0.717, 1.165) is 8.45 Å². The molecule has 0 N–H and O–H groups in total. The van der Waals surface area contributed by atoms with Gasteiger partial charge in [-0.1, -0.05) is 20.8 Å². The Bertz CT molecular complexity index is 260. The van der Waals surface area contributed by atoms with E-state index in [9.17, 15) is 4.39 Å². The molecule has 0 unspecified atom stereocenters. The van der Waals surface area contributed by atoms with E-state index >= 15 is 0 Å². The predicted octanol–water partition coefficient (Wildman–Crippen LogP) is 3.79. The molecular weight excluding hydrogens is 274 g/mol. The zero-order valence-electron chi connectivity index (χ0n) is 6.74. The Labute approximate surface area is 84.0 Å². The Morgan fingerprint density at radius 1 is 1.45 bits per heavy atom. The van der Waals surface area contributed by atoms with Gasteiger partial charge in [0.2, 0.25) is 0 Å². The molecule has 0 aromatic carbocycles. The van der Waals surface area contributed by atoms with Crippen molar-refractivity contribution < 1.29 is 4.39 Å². The standard InChI is InChI=1S/C8H10FIS/c1-8(2,3)5-4-11-7(10)6(5)9/h4H,1-3H3. The van der Waals surface area contributed by atoms with Crippen LogP contribution in [-0.2, 0) is 5.41 Å². The van der Waals surface area contributed by atoms with E-state index in [2.05, 4.69) is 0 Å². The molecule has 11 heavy (non-hydrogen) atoms. The highest BCUT2D eigenvalue weighted by atomic mass is 127. The van der Waals surface area contributed by atoms with Crippen LogP contribution in [0.15, 0.2) is 5.38 Å². The van der Waals surface area contributed by atoms with Gasteiger partial charge < -0.3 is 0 Å². The summed E-state index contributed by atoms with van der Waals surface area (Å²) in [6.07, 6.45) is 0. The molecule has 1 aromatic heterocycles. The van der Waals surface area contributed by atoms with Gasteiger partial charge in [0, 0.05) is 5.56 Å². The topological polar surface area (TPSA) is 0 Å². The van der Waals surface area contributed by atoms with Gasteiger partial charge in [0.05, 0.1) is 0 Å². The number of hydrogen-bond donors (Lipinski definition) is 0. The summed E-state index contributed by atoms with van der Waals surface area (Å²) in [5, 5.41) is 1.90. The fourth-order valence-electron chi connectivity index (χ4n) is 0.826. The maximum atomic E-state index is 13.3. The van der Waals surface area contributed by atoms with E-state index in [0.29, 0.717) is 0 Å². The lowest BCUT2D eigenvalue weighted by Gasteiger charge is -2.16. The molecule has 1 rings (SSSR count). The van der Waals surface area contributed by atoms with Gasteiger partial charge in [-0.25, -0.2) is 4.39 Å². The second-order valence-corrected chi connectivity index (χ2v) is 6.18. The van der Waals surface area contributed by atoms with Crippen molar-refractivity contribution in [3.63, 3.8) is 0 Å². The molecule has 0 radical (unpaired) electrons. The van der Waals surface area contributed by atoms with Crippen LogP contribution in [0, 0.1) is 8.70 Å². The summed E-state index contributed by atoms with van der Waals surface area (Å²) in [6.45, 7) is 6.07. The van der Waals surface area contributed by atoms with E-state index < -0.39 is 0 Å². The molecule has 0 saturated carbocycles. The number of thiophene rings is 1. The van der Waals surface area contributed by atoms with Crippen LogP contribution in [0.4, 0.5) is 4.39 Å². The first-order chi connectivity index (χ1) is 4.93. The smallest absolute Gasteiger partial charge is 0.151 e. The molecule has 0 saturated heterocycles. The molecule has 0 spiro atoms. The van der Waals surface area contributed by atoms with Crippen molar-refractivity contribution in [1.82, 2.24) is 0 Å². The quantitative estimate of drug-likeness (QED) is 0.636. The summed E-state index contributed by atoms with van der Waals surface area (Å²) in [4.78, 5) is 0. The molecule has 0 aliphatic carbocycles. The first-order valence-electron chi connectivity index (χ1n) is 3.36. The predicted molar refractivity (Wildman–Crippen MR) is 55.7 cm³/mol. The SMILES string of the molecule is CC(C)(C)c1csc(I)c1F. The Morgan fingerprint density at radius 2 is 2.00 bits per heavy atom. The second-order valence-electron chi connectivity index (χ2n) is 3.49. The molecule has 3 heteroatoms. The normalized spacial score (nSPS) is 12.1. The van der Waals surface area contributed by atoms with Gasteiger partial charge in [0.15, 0.2) is 5.82 Å². The molecular formula is C8H10FIS. The molecule has 1 aromatic rings. The van der Waals surface area contributed by atoms with Crippen LogP contribution >= 0.6 is 33.9 Å². The van der Waals surface area contributed by atoms with Gasteiger partial charge in [0.1, 0.15) is 2.88 Å². The second kappa shape index (κ2) is 3.01. The Hall–Kier alpha value is 0.360. The number of hydrogen-bond acceptors (Lipinski definition) is 1. The van der Waals surface area contributed by atoms with Crippen molar-refractivity contribution in [2.75, 3.05) is 0 Å². The van der Waals surface area contributed by atoms with Gasteiger partial charge >= 0.3 is 0 Å². The first-order valence-corrected chi connectivity index (χ1v) is 5.31. The van der Waals surface area contributed by atoms with Crippen molar-refractivity contribution in [3.05, 3.63) is 19.6 Å². The molecule has 1 heterocycles. The molecule has 0 aliphatic rings. The van der Waals surface area contributed by atoms with Crippen LogP contribution < -0.4 is 0 Å². The lowest BCUT2D eigenvalue weighted by Crippen LogP contribution is -2.11. The van der Waals surface area contributed by atoms with E-state index in [-0.39, 0.29) is 11.2 Å². The summed E-state index contributed by atoms with van der Waals surface area (Å²) >= 11 is 3.50. The minimum atomic E-state index is -0.0655. The fourth-order valence-corrected chi connectivity index (χ4v) is 2.39. The molecule has 0 atom stereocenters. The van der Waals surface area contributed by atoms with Crippen LogP contribution in [0.3, 0.4) is 0 Å². The Balaban J connectivity index is 3.15. The molecule has 0 amide bonds. The van der Waals surface area contributed by atoms with Crippen LogP contribution in [0.2, 0.25) is 0 Å². The van der Waals surface area contributed by atoms with Gasteiger partial charge in [-0.2, -0.15) is 0 Å². The molecule has 0 fully saturated rings. The largest absolute Gasteiger partial charge is 0.205 e. The van der Waals surface area contributed by atoms with Crippen molar-refractivity contribution in [3.8, 4) is 0 Å². The highest BCUT2D eigenvalue weighted by Gasteiger charge is 2.21. The monoisotopic (exact) mass is 284 g/mol. The fraction of sp³-hybridized carbons (Fsp3) is 0.500. The summed E-state index contributed by atoms with van der Waals surface area (Å²) in [5.74, 6) is -0.0388. The van der Waals surface area contributed by atoms with Crippen LogP contribution in [0.5, 0.6) is 0 Å². The van der Waals surface area contributed by atoms with Crippen molar-refractivity contribution in [2.24, 2.45) is 0 Å². The van der Waals surface area contributed by atoms with E-state index in [1.165, 1.54) is 11.3 Å². The third-order valence-corrected chi connectivity index (χ3v) is 3.47. The minimum absolute atomic E-state index is 0.0388. The summed E-state index contributed by atoms with van der Waals surface area (Å²) in [5.41, 5.74) is 0.760. The van der Waals surface area contributed by atoms with E-state index in [1.54, 1.807) is 0 Å². The maximum Gasteiger partial charge on any atom is 0.151 e. The summed E-state index contributed by atoms with van der Waals surface area (Å²) in [6, 6.07) is 0. The van der Waals surface area contributed by atoms with Gasteiger partial charge in [0.25, 0.3) is 0 Å². The first kappa shape index (κ1) is 9.45. The zero-order valence-corrected chi connectivity index (χ0v) is 9.72. The minimum Gasteiger partial charge on any atom is -0.205 e. The Kier molecular flexibility index (Phi) is 2.59. The maximum absolute atomic E-state index is 13.3. The van der Waals surface area contributed by atoms with Crippen LogP contribution in [-0.4, -0.2) is 0 Å². The van der Waals surface area contributed by atoms with Crippen LogP contribution in [0.25, 0.3) is 0 Å². The lowest BCUT2D eigenvalue weighted by atomic mass is 9.89. The number of rotatable bonds is 0. The summed E-state index contributed by atoms with van der Waals surface area (Å²) < 4.78 is 14.0. The Morgan fingerprint density at radius 3 is 2.18 bits per heavy atom. The molecule has 0 nitrogen and oxygen atoms in total. The highest BCUT2D eigenvalue weighted by molar-refractivity contribution is 14.1. The van der Waals surface area contributed by atoms with Gasteiger partial charge in [-0.15, -0.1) is 11.3 Å². The van der Waals surface area contributed by atoms with Crippen molar-refractivity contribution in [2.45, 2.75) is 26.2 Å². The van der Waals surface area contributed by atoms with Crippen molar-refractivity contribution in [1.29, 1.82) is 0 Å². The average Bonchev–Trinajstić information content (AvgIpc) is 2.11. The number of halogens is 2. The highest BCUT2D eigenvalue weighted by Crippen LogP contribution is 2.31. The lowest BCUT2D eigenvalue weighted by molar-refractivity contribution is 0.525. The average molecular weight is 284 g/mol. The third kappa shape index (κ3) is 1.93. The van der Waals surface area contributed by atoms with Crippen molar-refractivity contribution >= 4 is 33.9 Å². The van der Waals surface area contributed by atoms with Gasteiger partial charge in [-0.05, 0) is 33.4 Å². The van der Waals surface area contributed by atoms with E-state index in [4.69, 9.17) is 0 Å². The summed E-state index contributed by atoms with van der Waals surface area (Å²) in [7, 11) is 0.